The third-order valence-electron chi connectivity index (χ3n) is 1.42. The van der Waals surface area contributed by atoms with Gasteiger partial charge in [0.1, 0.15) is 0 Å². The van der Waals surface area contributed by atoms with Crippen LogP contribution in [0.1, 0.15) is 26.2 Å². The second-order valence-corrected chi connectivity index (χ2v) is 4.26. The van der Waals surface area contributed by atoms with Crippen molar-refractivity contribution >= 4 is 17.7 Å². The van der Waals surface area contributed by atoms with Gasteiger partial charge in [-0.1, -0.05) is 13.0 Å². The van der Waals surface area contributed by atoms with E-state index < -0.39 is 5.97 Å². The number of hydrogen-bond donors (Lipinski definition) is 1. The normalized spacial score (nSPS) is 12.4. The van der Waals surface area contributed by atoms with Crippen molar-refractivity contribution in [3.8, 4) is 0 Å². The van der Waals surface area contributed by atoms with Gasteiger partial charge in [-0.25, -0.2) is 0 Å². The van der Waals surface area contributed by atoms with Crippen LogP contribution in [0.2, 0.25) is 0 Å². The van der Waals surface area contributed by atoms with Gasteiger partial charge in [0, 0.05) is 5.25 Å². The first-order chi connectivity index (χ1) is 5.66. The van der Waals surface area contributed by atoms with E-state index in [-0.39, 0.29) is 11.7 Å². The minimum Gasteiger partial charge on any atom is -0.481 e. The van der Waals surface area contributed by atoms with Crippen molar-refractivity contribution in [3.63, 3.8) is 0 Å². The summed E-state index contributed by atoms with van der Waals surface area (Å²) >= 11 is 1.72. The number of thioether (sulfide) groups is 1. The van der Waals surface area contributed by atoms with Gasteiger partial charge >= 0.3 is 5.97 Å². The second-order valence-electron chi connectivity index (χ2n) is 2.71. The first-order valence-electron chi connectivity index (χ1n) is 4.11. The quantitative estimate of drug-likeness (QED) is 0.493. The number of carboxylic acids is 1. The molecule has 0 radical (unpaired) electrons. The summed E-state index contributed by atoms with van der Waals surface area (Å²) in [6, 6.07) is 0. The number of hydrogen-bond acceptors (Lipinski definition) is 2. The van der Waals surface area contributed by atoms with Gasteiger partial charge in [-0.05, 0) is 18.6 Å². The highest BCUT2D eigenvalue weighted by Gasteiger charge is 2.06. The van der Waals surface area contributed by atoms with E-state index in [0.717, 1.165) is 18.6 Å². The molecule has 1 N–H and O–H groups in total. The topological polar surface area (TPSA) is 37.3 Å². The molecule has 0 spiro atoms. The molecule has 0 aliphatic rings. The van der Waals surface area contributed by atoms with Crippen molar-refractivity contribution in [3.05, 3.63) is 12.7 Å². The fraction of sp³-hybridized carbons (Fsp3) is 0.667. The summed E-state index contributed by atoms with van der Waals surface area (Å²) in [7, 11) is 0. The van der Waals surface area contributed by atoms with E-state index in [2.05, 4.69) is 6.58 Å². The summed E-state index contributed by atoms with van der Waals surface area (Å²) in [5.41, 5.74) is 0. The van der Waals surface area contributed by atoms with Gasteiger partial charge in [-0.2, -0.15) is 11.8 Å². The summed E-state index contributed by atoms with van der Waals surface area (Å²) in [4.78, 5) is 10.3. The second kappa shape index (κ2) is 7.22. The van der Waals surface area contributed by atoms with Crippen LogP contribution in [-0.2, 0) is 4.79 Å². The van der Waals surface area contributed by atoms with Gasteiger partial charge in [0.2, 0.25) is 0 Å². The molecule has 0 amide bonds. The highest BCUT2D eigenvalue weighted by atomic mass is 32.2. The number of aliphatic carboxylic acids is 1. The van der Waals surface area contributed by atoms with E-state index in [9.17, 15) is 4.79 Å². The van der Waals surface area contributed by atoms with Crippen LogP contribution in [0.25, 0.3) is 0 Å². The number of carboxylic acid groups (broad SMARTS) is 1. The van der Waals surface area contributed by atoms with E-state index in [1.807, 2.05) is 13.0 Å². The molecule has 0 aromatic carbocycles. The molecule has 0 aliphatic carbocycles. The average molecular weight is 188 g/mol. The van der Waals surface area contributed by atoms with Crippen LogP contribution in [0.3, 0.4) is 0 Å². The number of rotatable bonds is 7. The van der Waals surface area contributed by atoms with Crippen molar-refractivity contribution in [2.24, 2.45) is 0 Å². The van der Waals surface area contributed by atoms with Gasteiger partial charge in [-0.3, -0.25) is 4.79 Å². The SMILES string of the molecule is C=CCCCSC(C)CC(=O)O. The first-order valence-corrected chi connectivity index (χ1v) is 5.16. The Kier molecular flexibility index (Phi) is 6.96. The molecular formula is C9H16O2S. The summed E-state index contributed by atoms with van der Waals surface area (Å²) in [6.07, 6.45) is 4.27. The number of carbonyl (C=O) groups is 1. The highest BCUT2D eigenvalue weighted by molar-refractivity contribution is 7.99. The van der Waals surface area contributed by atoms with E-state index in [4.69, 9.17) is 5.11 Å². The molecule has 1 unspecified atom stereocenters. The Morgan fingerprint density at radius 2 is 2.42 bits per heavy atom. The Morgan fingerprint density at radius 3 is 2.92 bits per heavy atom. The van der Waals surface area contributed by atoms with Crippen LogP contribution in [0.15, 0.2) is 12.7 Å². The molecule has 3 heteroatoms. The molecule has 0 saturated carbocycles. The minimum atomic E-state index is -0.710. The molecule has 0 saturated heterocycles. The monoisotopic (exact) mass is 188 g/mol. The van der Waals surface area contributed by atoms with Gasteiger partial charge in [0.05, 0.1) is 6.42 Å². The maximum Gasteiger partial charge on any atom is 0.304 e. The third kappa shape index (κ3) is 7.66. The smallest absolute Gasteiger partial charge is 0.304 e. The fourth-order valence-corrected chi connectivity index (χ4v) is 1.81. The van der Waals surface area contributed by atoms with Gasteiger partial charge in [-0.15, -0.1) is 6.58 Å². The lowest BCUT2D eigenvalue weighted by molar-refractivity contribution is -0.136. The van der Waals surface area contributed by atoms with Crippen LogP contribution in [0, 0.1) is 0 Å². The zero-order valence-corrected chi connectivity index (χ0v) is 8.27. The molecule has 0 aromatic heterocycles. The summed E-state index contributed by atoms with van der Waals surface area (Å²) < 4.78 is 0. The molecule has 0 bridgehead atoms. The Balaban J connectivity index is 3.24. The minimum absolute atomic E-state index is 0.229. The predicted molar refractivity (Wildman–Crippen MR) is 53.6 cm³/mol. The van der Waals surface area contributed by atoms with E-state index in [0.29, 0.717) is 0 Å². The van der Waals surface area contributed by atoms with E-state index in [1.54, 1.807) is 11.8 Å². The standard InChI is InChI=1S/C9H16O2S/c1-3-4-5-6-12-8(2)7-9(10)11/h3,8H,1,4-7H2,2H3,(H,10,11). The summed E-state index contributed by atoms with van der Waals surface area (Å²) in [6.45, 7) is 5.57. The number of unbranched alkanes of at least 4 members (excludes halogenated alkanes) is 1. The lowest BCUT2D eigenvalue weighted by Gasteiger charge is -2.06. The van der Waals surface area contributed by atoms with Crippen molar-refractivity contribution in [1.29, 1.82) is 0 Å². The van der Waals surface area contributed by atoms with Crippen molar-refractivity contribution in [1.82, 2.24) is 0 Å². The molecule has 0 aromatic rings. The van der Waals surface area contributed by atoms with Crippen molar-refractivity contribution in [2.75, 3.05) is 5.75 Å². The number of allylic oxidation sites excluding steroid dienone is 1. The van der Waals surface area contributed by atoms with Crippen LogP contribution >= 0.6 is 11.8 Å². The Hall–Kier alpha value is -0.440. The van der Waals surface area contributed by atoms with Gasteiger partial charge in [0.25, 0.3) is 0 Å². The van der Waals surface area contributed by atoms with Gasteiger partial charge < -0.3 is 5.11 Å². The summed E-state index contributed by atoms with van der Waals surface area (Å²) in [5, 5.41) is 8.69. The van der Waals surface area contributed by atoms with Crippen LogP contribution < -0.4 is 0 Å². The van der Waals surface area contributed by atoms with Crippen LogP contribution in [0.4, 0.5) is 0 Å². The average Bonchev–Trinajstić information content (AvgIpc) is 1.97. The zero-order valence-electron chi connectivity index (χ0n) is 7.45. The Bertz CT molecular complexity index is 145. The first kappa shape index (κ1) is 11.6. The largest absolute Gasteiger partial charge is 0.481 e. The zero-order chi connectivity index (χ0) is 9.40. The van der Waals surface area contributed by atoms with Crippen molar-refractivity contribution < 1.29 is 9.90 Å². The predicted octanol–water partition coefficient (Wildman–Crippen LogP) is 2.55. The highest BCUT2D eigenvalue weighted by Crippen LogP contribution is 2.15. The Morgan fingerprint density at radius 1 is 1.75 bits per heavy atom. The lowest BCUT2D eigenvalue weighted by Crippen LogP contribution is -2.06. The molecule has 0 aliphatic heterocycles. The summed E-state index contributed by atoms with van der Waals surface area (Å²) in [5.74, 6) is 0.319. The maximum atomic E-state index is 10.3. The van der Waals surface area contributed by atoms with Crippen LogP contribution in [0.5, 0.6) is 0 Å². The maximum absolute atomic E-state index is 10.3. The molecule has 12 heavy (non-hydrogen) atoms. The van der Waals surface area contributed by atoms with E-state index in [1.165, 1.54) is 0 Å². The molecule has 0 rings (SSSR count). The van der Waals surface area contributed by atoms with E-state index >= 15 is 0 Å². The fourth-order valence-electron chi connectivity index (χ4n) is 0.817. The Labute approximate surface area is 78.0 Å². The molecule has 2 nitrogen and oxygen atoms in total. The third-order valence-corrected chi connectivity index (χ3v) is 2.68. The van der Waals surface area contributed by atoms with Crippen molar-refractivity contribution in [2.45, 2.75) is 31.4 Å². The molecule has 1 atom stereocenters. The van der Waals surface area contributed by atoms with Gasteiger partial charge in [0.15, 0.2) is 0 Å². The molecule has 0 fully saturated rings. The molecule has 70 valence electrons. The molecule has 0 heterocycles. The van der Waals surface area contributed by atoms with Crippen LogP contribution in [-0.4, -0.2) is 22.1 Å². The lowest BCUT2D eigenvalue weighted by atomic mass is 10.3. The molecular weight excluding hydrogens is 172 g/mol.